The lowest BCUT2D eigenvalue weighted by Crippen LogP contribution is -2.47. The van der Waals surface area contributed by atoms with Crippen molar-refractivity contribution in [3.63, 3.8) is 0 Å². The largest absolute Gasteiger partial charge is 0.480 e. The maximum Gasteiger partial charge on any atom is 0.323 e. The fraction of sp³-hybridized carbons (Fsp3) is 0.923. The number of carboxylic acids is 1. The number of likely N-dealkylation sites (N-methyl/N-ethyl adjacent to an activating group) is 3. The molecule has 0 aromatic carbocycles. The quantitative estimate of drug-likeness (QED) is 0.566. The van der Waals surface area contributed by atoms with Crippen LogP contribution in [0.25, 0.3) is 0 Å². The molecule has 0 bridgehead atoms. The van der Waals surface area contributed by atoms with Crippen LogP contribution < -0.4 is 5.32 Å². The fourth-order valence-corrected chi connectivity index (χ4v) is 1.68. The van der Waals surface area contributed by atoms with Gasteiger partial charge in [-0.25, -0.2) is 0 Å². The number of hydrogen-bond donors (Lipinski definition) is 2. The fourth-order valence-electron chi connectivity index (χ4n) is 1.68. The summed E-state index contributed by atoms with van der Waals surface area (Å²) in [5.74, 6) is -0.772. The van der Waals surface area contributed by atoms with Crippen molar-refractivity contribution in [1.82, 2.24) is 15.1 Å². The lowest BCUT2D eigenvalue weighted by atomic mass is 9.95. The maximum atomic E-state index is 11.1. The molecule has 0 fully saturated rings. The number of nitrogens with one attached hydrogen (secondary N) is 1. The molecule has 0 aromatic heterocycles. The highest BCUT2D eigenvalue weighted by molar-refractivity contribution is 5.78. The lowest BCUT2D eigenvalue weighted by Gasteiger charge is -2.24. The standard InChI is InChI=1S/C13H29N3O2/c1-13(14-2,12(17)18)8-6-7-9-16(5)11-10-15(3)4/h14H,6-11H2,1-5H3,(H,17,18). The number of aliphatic carboxylic acids is 1. The Hall–Kier alpha value is -0.650. The van der Waals surface area contributed by atoms with E-state index >= 15 is 0 Å². The summed E-state index contributed by atoms with van der Waals surface area (Å²) in [6.45, 7) is 4.87. The molecule has 5 nitrogen and oxygen atoms in total. The molecule has 2 N–H and O–H groups in total. The molecule has 0 spiro atoms. The average molecular weight is 259 g/mol. The molecule has 5 heteroatoms. The minimum absolute atomic E-state index is 0.667. The van der Waals surface area contributed by atoms with E-state index < -0.39 is 11.5 Å². The second-order valence-corrected chi connectivity index (χ2v) is 5.45. The predicted molar refractivity (Wildman–Crippen MR) is 75.0 cm³/mol. The summed E-state index contributed by atoms with van der Waals surface area (Å²) < 4.78 is 0. The van der Waals surface area contributed by atoms with Gasteiger partial charge in [0.25, 0.3) is 0 Å². The zero-order valence-electron chi connectivity index (χ0n) is 12.5. The van der Waals surface area contributed by atoms with Gasteiger partial charge in [-0.2, -0.15) is 0 Å². The summed E-state index contributed by atoms with van der Waals surface area (Å²) in [5, 5.41) is 12.0. The van der Waals surface area contributed by atoms with E-state index in [0.29, 0.717) is 6.42 Å². The van der Waals surface area contributed by atoms with Crippen molar-refractivity contribution in [2.75, 3.05) is 47.8 Å². The van der Waals surface area contributed by atoms with Crippen LogP contribution in [0.1, 0.15) is 26.2 Å². The Kier molecular flexibility index (Phi) is 8.15. The van der Waals surface area contributed by atoms with Crippen LogP contribution >= 0.6 is 0 Å². The van der Waals surface area contributed by atoms with E-state index in [0.717, 1.165) is 32.5 Å². The van der Waals surface area contributed by atoms with Gasteiger partial charge in [0.15, 0.2) is 0 Å². The van der Waals surface area contributed by atoms with Crippen molar-refractivity contribution < 1.29 is 9.90 Å². The smallest absolute Gasteiger partial charge is 0.323 e. The Labute approximate surface area is 111 Å². The van der Waals surface area contributed by atoms with Crippen LogP contribution in [0.4, 0.5) is 0 Å². The molecular formula is C13H29N3O2. The van der Waals surface area contributed by atoms with Crippen molar-refractivity contribution in [2.24, 2.45) is 0 Å². The molecule has 108 valence electrons. The van der Waals surface area contributed by atoms with Crippen molar-refractivity contribution in [2.45, 2.75) is 31.7 Å². The normalized spacial score (nSPS) is 15.1. The van der Waals surface area contributed by atoms with Crippen molar-refractivity contribution in [3.8, 4) is 0 Å². The SMILES string of the molecule is CNC(C)(CCCCN(C)CCN(C)C)C(=O)O. The summed E-state index contributed by atoms with van der Waals surface area (Å²) in [4.78, 5) is 15.5. The predicted octanol–water partition coefficient (Wildman–Crippen LogP) is 0.713. The molecule has 0 aromatic rings. The van der Waals surface area contributed by atoms with Gasteiger partial charge >= 0.3 is 5.97 Å². The first kappa shape index (κ1) is 17.4. The van der Waals surface area contributed by atoms with Gasteiger partial charge < -0.3 is 20.2 Å². The molecule has 0 rings (SSSR count). The van der Waals surface area contributed by atoms with E-state index in [2.05, 4.69) is 36.3 Å². The molecule has 0 heterocycles. The van der Waals surface area contributed by atoms with Crippen LogP contribution in [-0.2, 0) is 4.79 Å². The molecule has 0 aliphatic carbocycles. The number of carboxylic acid groups (broad SMARTS) is 1. The molecule has 0 aliphatic heterocycles. The molecule has 0 aliphatic rings. The third-order valence-electron chi connectivity index (χ3n) is 3.42. The van der Waals surface area contributed by atoms with Gasteiger partial charge in [0.2, 0.25) is 0 Å². The minimum atomic E-state index is -0.789. The van der Waals surface area contributed by atoms with Gasteiger partial charge in [0.05, 0.1) is 0 Å². The Morgan fingerprint density at radius 2 is 1.78 bits per heavy atom. The molecule has 1 unspecified atom stereocenters. The highest BCUT2D eigenvalue weighted by atomic mass is 16.4. The first-order chi connectivity index (χ1) is 8.31. The molecule has 0 amide bonds. The minimum Gasteiger partial charge on any atom is -0.480 e. The van der Waals surface area contributed by atoms with Crippen LogP contribution in [-0.4, -0.2) is 74.2 Å². The van der Waals surface area contributed by atoms with Crippen molar-refractivity contribution in [1.29, 1.82) is 0 Å². The molecule has 18 heavy (non-hydrogen) atoms. The van der Waals surface area contributed by atoms with E-state index in [1.807, 2.05) is 0 Å². The van der Waals surface area contributed by atoms with Gasteiger partial charge in [-0.15, -0.1) is 0 Å². The Balaban J connectivity index is 3.75. The second-order valence-electron chi connectivity index (χ2n) is 5.45. The molecule has 0 saturated heterocycles. The first-order valence-corrected chi connectivity index (χ1v) is 6.57. The van der Waals surface area contributed by atoms with Crippen LogP contribution in [0, 0.1) is 0 Å². The summed E-state index contributed by atoms with van der Waals surface area (Å²) in [7, 11) is 7.95. The van der Waals surface area contributed by atoms with Crippen LogP contribution in [0.5, 0.6) is 0 Å². The highest BCUT2D eigenvalue weighted by Gasteiger charge is 2.29. The third-order valence-corrected chi connectivity index (χ3v) is 3.42. The summed E-state index contributed by atoms with van der Waals surface area (Å²) in [6.07, 6.45) is 2.63. The van der Waals surface area contributed by atoms with Gasteiger partial charge in [-0.1, -0.05) is 0 Å². The topological polar surface area (TPSA) is 55.8 Å². The van der Waals surface area contributed by atoms with Gasteiger partial charge in [-0.3, -0.25) is 4.79 Å². The Morgan fingerprint density at radius 3 is 2.22 bits per heavy atom. The summed E-state index contributed by atoms with van der Waals surface area (Å²) in [6, 6.07) is 0. The Bertz CT molecular complexity index is 246. The first-order valence-electron chi connectivity index (χ1n) is 6.57. The monoisotopic (exact) mass is 259 g/mol. The van der Waals surface area contributed by atoms with E-state index in [-0.39, 0.29) is 0 Å². The maximum absolute atomic E-state index is 11.1. The highest BCUT2D eigenvalue weighted by Crippen LogP contribution is 2.13. The van der Waals surface area contributed by atoms with E-state index in [9.17, 15) is 4.79 Å². The van der Waals surface area contributed by atoms with Crippen LogP contribution in [0.2, 0.25) is 0 Å². The van der Waals surface area contributed by atoms with E-state index in [4.69, 9.17) is 5.11 Å². The molecule has 1 atom stereocenters. The van der Waals surface area contributed by atoms with Crippen molar-refractivity contribution >= 4 is 5.97 Å². The zero-order chi connectivity index (χ0) is 14.2. The molecule has 0 radical (unpaired) electrons. The molecule has 0 saturated carbocycles. The molecular weight excluding hydrogens is 230 g/mol. The van der Waals surface area contributed by atoms with Gasteiger partial charge in [0, 0.05) is 13.1 Å². The van der Waals surface area contributed by atoms with E-state index in [1.54, 1.807) is 14.0 Å². The number of unbranched alkanes of at least 4 members (excludes halogenated alkanes) is 1. The van der Waals surface area contributed by atoms with Gasteiger partial charge in [-0.05, 0) is 60.9 Å². The lowest BCUT2D eigenvalue weighted by molar-refractivity contribution is -0.144. The van der Waals surface area contributed by atoms with Crippen LogP contribution in [0.15, 0.2) is 0 Å². The number of nitrogens with zero attached hydrogens (tertiary/aromatic N) is 2. The number of rotatable bonds is 10. The zero-order valence-corrected chi connectivity index (χ0v) is 12.5. The van der Waals surface area contributed by atoms with Crippen molar-refractivity contribution in [3.05, 3.63) is 0 Å². The average Bonchev–Trinajstić information content (AvgIpc) is 2.31. The number of carbonyl (C=O) groups is 1. The van der Waals surface area contributed by atoms with Gasteiger partial charge in [0.1, 0.15) is 5.54 Å². The van der Waals surface area contributed by atoms with Crippen LogP contribution in [0.3, 0.4) is 0 Å². The third kappa shape index (κ3) is 6.93. The Morgan fingerprint density at radius 1 is 1.17 bits per heavy atom. The summed E-state index contributed by atoms with van der Waals surface area (Å²) in [5.41, 5.74) is -0.789. The number of hydrogen-bond acceptors (Lipinski definition) is 4. The second kappa shape index (κ2) is 8.45. The summed E-state index contributed by atoms with van der Waals surface area (Å²) >= 11 is 0. The van der Waals surface area contributed by atoms with E-state index in [1.165, 1.54) is 0 Å².